The lowest BCUT2D eigenvalue weighted by Crippen LogP contribution is -2.50. The maximum atomic E-state index is 14.0. The number of anilines is 3. The van der Waals surface area contributed by atoms with Crippen molar-refractivity contribution in [2.45, 2.75) is 75.9 Å². The molecule has 0 radical (unpaired) electrons. The van der Waals surface area contributed by atoms with Crippen LogP contribution >= 0.6 is 11.3 Å². The second-order valence-corrected chi connectivity index (χ2v) is 15.6. The number of likely N-dealkylation sites (tertiary alicyclic amines) is 1. The number of halogens is 3. The van der Waals surface area contributed by atoms with E-state index in [0.717, 1.165) is 35.2 Å². The van der Waals surface area contributed by atoms with Crippen molar-refractivity contribution in [3.8, 4) is 10.6 Å². The molecule has 6 rings (SSSR count). The third-order valence-corrected chi connectivity index (χ3v) is 11.1. The Kier molecular flexibility index (Phi) is 8.01. The summed E-state index contributed by atoms with van der Waals surface area (Å²) in [5, 5.41) is 3.08. The number of hydrogen-bond acceptors (Lipinski definition) is 10. The lowest BCUT2D eigenvalue weighted by Gasteiger charge is -2.36. The SMILES string of the molecule is CCc1cc(N2C[C@H]3C[C@@H]2CN3C(=O)OC(C)(C)C)ccc1Nc1ncc(C(F)(F)F)c(-c2cc3c(s2)COCCS3(=O)=O)n1. The largest absolute Gasteiger partial charge is 0.444 e. The van der Waals surface area contributed by atoms with E-state index in [-0.39, 0.29) is 52.9 Å². The quantitative estimate of drug-likeness (QED) is 0.349. The summed E-state index contributed by atoms with van der Waals surface area (Å²) in [5.74, 6) is -0.286. The molecule has 5 heterocycles. The molecule has 0 aliphatic carbocycles. The zero-order valence-electron chi connectivity index (χ0n) is 25.3. The Morgan fingerprint density at radius 3 is 2.62 bits per heavy atom. The van der Waals surface area contributed by atoms with Gasteiger partial charge in [-0.3, -0.25) is 0 Å². The number of alkyl halides is 3. The topological polar surface area (TPSA) is 114 Å². The smallest absolute Gasteiger partial charge is 0.420 e. The molecule has 2 saturated heterocycles. The zero-order chi connectivity index (χ0) is 32.3. The van der Waals surface area contributed by atoms with Gasteiger partial charge in [0.2, 0.25) is 5.95 Å². The molecule has 1 aromatic carbocycles. The maximum absolute atomic E-state index is 14.0. The molecule has 2 aromatic heterocycles. The van der Waals surface area contributed by atoms with Gasteiger partial charge in [-0.25, -0.2) is 23.2 Å². The first-order valence-electron chi connectivity index (χ1n) is 14.7. The fourth-order valence-corrected chi connectivity index (χ4v) is 8.83. The van der Waals surface area contributed by atoms with E-state index >= 15 is 0 Å². The number of nitrogens with one attached hydrogen (secondary N) is 1. The lowest BCUT2D eigenvalue weighted by molar-refractivity contribution is -0.137. The maximum Gasteiger partial charge on any atom is 0.420 e. The average Bonchev–Trinajstić information content (AvgIpc) is 3.67. The van der Waals surface area contributed by atoms with Crippen LogP contribution < -0.4 is 10.2 Å². The average molecular weight is 666 g/mol. The predicted molar refractivity (Wildman–Crippen MR) is 164 cm³/mol. The Balaban J connectivity index is 1.25. The van der Waals surface area contributed by atoms with Gasteiger partial charge in [-0.15, -0.1) is 11.3 Å². The Labute approximate surface area is 263 Å². The predicted octanol–water partition coefficient (Wildman–Crippen LogP) is 6.03. The Morgan fingerprint density at radius 2 is 1.96 bits per heavy atom. The van der Waals surface area contributed by atoms with Crippen LogP contribution in [0, 0.1) is 0 Å². The van der Waals surface area contributed by atoms with Crippen LogP contribution in [0.1, 0.15) is 50.1 Å². The third kappa shape index (κ3) is 6.34. The molecule has 45 heavy (non-hydrogen) atoms. The summed E-state index contributed by atoms with van der Waals surface area (Å²) >= 11 is 0.923. The van der Waals surface area contributed by atoms with E-state index in [2.05, 4.69) is 20.2 Å². The second kappa shape index (κ2) is 11.4. The molecule has 1 amide bonds. The van der Waals surface area contributed by atoms with Gasteiger partial charge in [0.05, 0.1) is 40.5 Å². The van der Waals surface area contributed by atoms with Crippen LogP contribution in [0.4, 0.5) is 35.3 Å². The highest BCUT2D eigenvalue weighted by molar-refractivity contribution is 7.91. The normalized spacial score (nSPS) is 21.0. The van der Waals surface area contributed by atoms with Gasteiger partial charge in [0.25, 0.3) is 0 Å². The van der Waals surface area contributed by atoms with Crippen molar-refractivity contribution >= 4 is 44.6 Å². The van der Waals surface area contributed by atoms with E-state index in [1.807, 2.05) is 45.9 Å². The summed E-state index contributed by atoms with van der Waals surface area (Å²) < 4.78 is 78.4. The van der Waals surface area contributed by atoms with Crippen molar-refractivity contribution in [1.82, 2.24) is 14.9 Å². The molecule has 2 bridgehead atoms. The zero-order valence-corrected chi connectivity index (χ0v) is 26.9. The molecule has 3 aliphatic heterocycles. The number of ether oxygens (including phenoxy) is 2. The highest BCUT2D eigenvalue weighted by atomic mass is 32.2. The number of carbonyl (C=O) groups excluding carboxylic acids is 1. The molecule has 3 aliphatic rings. The minimum absolute atomic E-state index is 0.000632. The summed E-state index contributed by atoms with van der Waals surface area (Å²) in [6.45, 7) is 8.80. The van der Waals surface area contributed by atoms with E-state index in [1.165, 1.54) is 6.07 Å². The number of benzene rings is 1. The molecule has 10 nitrogen and oxygen atoms in total. The fourth-order valence-electron chi connectivity index (χ4n) is 5.99. The number of rotatable bonds is 5. The monoisotopic (exact) mass is 665 g/mol. The number of nitrogens with zero attached hydrogens (tertiary/aromatic N) is 4. The molecule has 3 aromatic rings. The number of carbonyl (C=O) groups is 1. The van der Waals surface area contributed by atoms with Gasteiger partial charge in [-0.05, 0) is 63.4 Å². The van der Waals surface area contributed by atoms with Crippen LogP contribution in [0.25, 0.3) is 10.6 Å². The summed E-state index contributed by atoms with van der Waals surface area (Å²) in [4.78, 5) is 25.4. The molecule has 242 valence electrons. The number of piperazine rings is 1. The standard InChI is InChI=1S/C30H34F3N5O5S2/c1-5-17-10-18(37-14-20-11-19(37)15-38(20)28(39)43-29(2,3)4)6-7-22(17)35-27-34-13-21(30(31,32)33)26(36-27)23-12-25-24(44-23)16-42-8-9-45(25,40)41/h6-7,10,12-13,19-20H,5,8-9,11,14-16H2,1-4H3,(H,34,35,36)/t19-,20-/m1/s1. The third-order valence-electron chi connectivity index (χ3n) is 8.08. The van der Waals surface area contributed by atoms with Crippen LogP contribution in [-0.4, -0.2) is 72.5 Å². The number of fused-ring (bicyclic) bond motifs is 3. The van der Waals surface area contributed by atoms with Crippen molar-refractivity contribution in [3.05, 3.63) is 46.5 Å². The van der Waals surface area contributed by atoms with Crippen LogP contribution in [0.15, 0.2) is 35.4 Å². The van der Waals surface area contributed by atoms with Crippen molar-refractivity contribution < 1.29 is 35.9 Å². The van der Waals surface area contributed by atoms with Gasteiger partial charge in [0.1, 0.15) is 11.2 Å². The summed E-state index contributed by atoms with van der Waals surface area (Å²) in [6, 6.07) is 7.29. The van der Waals surface area contributed by atoms with Crippen molar-refractivity contribution in [3.63, 3.8) is 0 Å². The first kappa shape index (κ1) is 31.5. The van der Waals surface area contributed by atoms with Crippen LogP contribution in [-0.2, 0) is 38.5 Å². The minimum Gasteiger partial charge on any atom is -0.444 e. The number of sulfone groups is 1. The number of amides is 1. The van der Waals surface area contributed by atoms with Crippen LogP contribution in [0.2, 0.25) is 0 Å². The van der Waals surface area contributed by atoms with Crippen LogP contribution in [0.3, 0.4) is 0 Å². The Hall–Kier alpha value is -3.43. The first-order valence-corrected chi connectivity index (χ1v) is 17.1. The Bertz CT molecular complexity index is 1740. The number of aromatic nitrogens is 2. The second-order valence-electron chi connectivity index (χ2n) is 12.4. The van der Waals surface area contributed by atoms with Gasteiger partial charge in [-0.2, -0.15) is 13.2 Å². The van der Waals surface area contributed by atoms with Crippen molar-refractivity contribution in [1.29, 1.82) is 0 Å². The molecule has 1 N–H and O–H groups in total. The van der Waals surface area contributed by atoms with E-state index in [0.29, 0.717) is 30.1 Å². The van der Waals surface area contributed by atoms with Gasteiger partial charge in [0, 0.05) is 41.6 Å². The summed E-state index contributed by atoms with van der Waals surface area (Å²) in [7, 11) is -3.70. The first-order chi connectivity index (χ1) is 21.1. The highest BCUT2D eigenvalue weighted by Gasteiger charge is 2.46. The van der Waals surface area contributed by atoms with Crippen molar-refractivity contribution in [2.24, 2.45) is 0 Å². The lowest BCUT2D eigenvalue weighted by atomic mass is 10.1. The molecule has 0 saturated carbocycles. The van der Waals surface area contributed by atoms with Gasteiger partial charge >= 0.3 is 12.3 Å². The molecule has 2 atom stereocenters. The number of thiophene rings is 1. The molecular weight excluding hydrogens is 631 g/mol. The molecule has 2 fully saturated rings. The Morgan fingerprint density at radius 1 is 1.18 bits per heavy atom. The van der Waals surface area contributed by atoms with E-state index in [4.69, 9.17) is 9.47 Å². The molecule has 0 unspecified atom stereocenters. The van der Waals surface area contributed by atoms with E-state index in [9.17, 15) is 26.4 Å². The molecular formula is C30H34F3N5O5S2. The van der Waals surface area contributed by atoms with Crippen molar-refractivity contribution in [2.75, 3.05) is 35.7 Å². The summed E-state index contributed by atoms with van der Waals surface area (Å²) in [6.07, 6.45) is -2.85. The molecule has 15 heteroatoms. The number of hydrogen-bond donors (Lipinski definition) is 1. The van der Waals surface area contributed by atoms with E-state index in [1.54, 1.807) is 4.90 Å². The highest BCUT2D eigenvalue weighted by Crippen LogP contribution is 2.42. The summed E-state index contributed by atoms with van der Waals surface area (Å²) in [5.41, 5.74) is 0.531. The minimum atomic E-state index is -4.75. The van der Waals surface area contributed by atoms with Gasteiger partial charge in [-0.1, -0.05) is 6.92 Å². The fraction of sp³-hybridized carbons (Fsp3) is 0.500. The van der Waals surface area contributed by atoms with Crippen LogP contribution in [0.5, 0.6) is 0 Å². The molecule has 0 spiro atoms. The van der Waals surface area contributed by atoms with E-state index < -0.39 is 32.9 Å². The van der Waals surface area contributed by atoms with Gasteiger partial charge in [0.15, 0.2) is 9.84 Å². The number of aryl methyl sites for hydroxylation is 1. The van der Waals surface area contributed by atoms with Gasteiger partial charge < -0.3 is 24.6 Å².